The van der Waals surface area contributed by atoms with Crippen LogP contribution in [0.15, 0.2) is 54.6 Å². The lowest BCUT2D eigenvalue weighted by molar-refractivity contribution is -0.143. The van der Waals surface area contributed by atoms with E-state index in [0.29, 0.717) is 6.54 Å². The molecule has 4 nitrogen and oxygen atoms in total. The summed E-state index contributed by atoms with van der Waals surface area (Å²) in [5.74, 6) is -0.898. The molecule has 1 unspecified atom stereocenters. The summed E-state index contributed by atoms with van der Waals surface area (Å²) in [7, 11) is 0. The van der Waals surface area contributed by atoms with Crippen LogP contribution >= 0.6 is 0 Å². The van der Waals surface area contributed by atoms with E-state index in [-0.39, 0.29) is 30.1 Å². The van der Waals surface area contributed by atoms with E-state index in [1.807, 2.05) is 30.3 Å². The normalized spacial score (nSPS) is 11.9. The molecular weight excluding hydrogens is 331 g/mol. The van der Waals surface area contributed by atoms with Crippen LogP contribution < -0.4 is 5.32 Å². The van der Waals surface area contributed by atoms with Crippen molar-refractivity contribution in [2.24, 2.45) is 5.92 Å². The molecule has 1 N–H and O–H groups in total. The second kappa shape index (κ2) is 9.13. The van der Waals surface area contributed by atoms with Crippen LogP contribution in [0.3, 0.4) is 0 Å². The summed E-state index contributed by atoms with van der Waals surface area (Å²) in [6, 6.07) is 14.9. The number of halogens is 1. The van der Waals surface area contributed by atoms with Crippen LogP contribution in [0.4, 0.5) is 4.39 Å². The van der Waals surface area contributed by atoms with E-state index in [0.717, 1.165) is 11.1 Å². The number of hydrogen-bond donors (Lipinski definition) is 1. The van der Waals surface area contributed by atoms with Crippen molar-refractivity contribution in [2.45, 2.75) is 39.9 Å². The Hall–Kier alpha value is -2.69. The molecule has 138 valence electrons. The summed E-state index contributed by atoms with van der Waals surface area (Å²) >= 11 is 0. The predicted molar refractivity (Wildman–Crippen MR) is 99.5 cm³/mol. The minimum absolute atomic E-state index is 0.114. The zero-order valence-electron chi connectivity index (χ0n) is 15.4. The van der Waals surface area contributed by atoms with Crippen molar-refractivity contribution in [3.8, 4) is 0 Å². The molecule has 0 saturated carbocycles. The maximum absolute atomic E-state index is 13.1. The fraction of sp³-hybridized carbons (Fsp3) is 0.333. The molecule has 0 aliphatic heterocycles. The van der Waals surface area contributed by atoms with Crippen LogP contribution in [0, 0.1) is 11.7 Å². The van der Waals surface area contributed by atoms with Gasteiger partial charge in [-0.25, -0.2) is 4.39 Å². The Balaban J connectivity index is 2.08. The molecule has 2 aromatic rings. The molecule has 2 aromatic carbocycles. The van der Waals surface area contributed by atoms with E-state index >= 15 is 0 Å². The van der Waals surface area contributed by atoms with Gasteiger partial charge in [0, 0.05) is 19.0 Å². The molecule has 2 amide bonds. The van der Waals surface area contributed by atoms with Gasteiger partial charge in [-0.3, -0.25) is 9.59 Å². The van der Waals surface area contributed by atoms with Gasteiger partial charge in [0.05, 0.1) is 0 Å². The first-order valence-electron chi connectivity index (χ1n) is 8.75. The lowest BCUT2D eigenvalue weighted by Crippen LogP contribution is -2.48. The second-order valence-electron chi connectivity index (χ2n) is 6.63. The minimum atomic E-state index is -0.626. The van der Waals surface area contributed by atoms with Crippen LogP contribution in [-0.2, 0) is 22.7 Å². The van der Waals surface area contributed by atoms with Gasteiger partial charge in [0.15, 0.2) is 0 Å². The Kier molecular flexibility index (Phi) is 6.89. The average Bonchev–Trinajstić information content (AvgIpc) is 2.65. The quantitative estimate of drug-likeness (QED) is 0.825. The molecule has 0 aromatic heterocycles. The van der Waals surface area contributed by atoms with E-state index in [2.05, 4.69) is 5.32 Å². The number of amides is 2. The van der Waals surface area contributed by atoms with Gasteiger partial charge in [-0.05, 0) is 30.2 Å². The van der Waals surface area contributed by atoms with Gasteiger partial charge < -0.3 is 10.2 Å². The van der Waals surface area contributed by atoms with Crippen LogP contribution in [0.5, 0.6) is 0 Å². The van der Waals surface area contributed by atoms with E-state index in [4.69, 9.17) is 0 Å². The molecule has 5 heteroatoms. The largest absolute Gasteiger partial charge is 0.350 e. The molecule has 0 aliphatic carbocycles. The van der Waals surface area contributed by atoms with E-state index in [1.165, 1.54) is 17.0 Å². The Labute approximate surface area is 154 Å². The minimum Gasteiger partial charge on any atom is -0.350 e. The first-order chi connectivity index (χ1) is 12.4. The van der Waals surface area contributed by atoms with Gasteiger partial charge in [0.2, 0.25) is 11.8 Å². The highest BCUT2D eigenvalue weighted by molar-refractivity contribution is 5.88. The van der Waals surface area contributed by atoms with E-state index in [9.17, 15) is 14.0 Å². The predicted octanol–water partition coefficient (Wildman–Crippen LogP) is 3.52. The van der Waals surface area contributed by atoms with Crippen molar-refractivity contribution in [3.05, 3.63) is 71.5 Å². The summed E-state index contributed by atoms with van der Waals surface area (Å²) in [6.07, 6.45) is 0. The van der Waals surface area contributed by atoms with Gasteiger partial charge in [-0.1, -0.05) is 56.3 Å². The number of hydrogen-bond acceptors (Lipinski definition) is 2. The molecule has 0 heterocycles. The molecule has 26 heavy (non-hydrogen) atoms. The topological polar surface area (TPSA) is 49.4 Å². The second-order valence-corrected chi connectivity index (χ2v) is 6.63. The molecule has 2 rings (SSSR count). The Morgan fingerprint density at radius 3 is 2.15 bits per heavy atom. The SMILES string of the molecule is CC(C)C(=O)N(Cc1ccc(F)cc1)C(C)C(=O)NCc1ccccc1. The summed E-state index contributed by atoms with van der Waals surface area (Å²) in [6.45, 7) is 5.98. The molecule has 1 atom stereocenters. The van der Waals surface area contributed by atoms with Gasteiger partial charge in [0.25, 0.3) is 0 Å². The van der Waals surface area contributed by atoms with Crippen molar-refractivity contribution in [3.63, 3.8) is 0 Å². The summed E-state index contributed by atoms with van der Waals surface area (Å²) in [4.78, 5) is 26.7. The highest BCUT2D eigenvalue weighted by Gasteiger charge is 2.27. The van der Waals surface area contributed by atoms with E-state index < -0.39 is 6.04 Å². The molecule has 0 fully saturated rings. The number of nitrogens with zero attached hydrogens (tertiary/aromatic N) is 1. The lowest BCUT2D eigenvalue weighted by Gasteiger charge is -2.30. The van der Waals surface area contributed by atoms with Crippen LogP contribution in [0.25, 0.3) is 0 Å². The zero-order chi connectivity index (χ0) is 19.1. The molecule has 0 saturated heterocycles. The molecule has 0 spiro atoms. The summed E-state index contributed by atoms with van der Waals surface area (Å²) in [5, 5.41) is 2.88. The molecule has 0 aliphatic rings. The molecular formula is C21H25FN2O2. The average molecular weight is 356 g/mol. The zero-order valence-corrected chi connectivity index (χ0v) is 15.4. The maximum Gasteiger partial charge on any atom is 0.242 e. The number of carbonyl (C=O) groups excluding carboxylic acids is 2. The number of nitrogens with one attached hydrogen (secondary N) is 1. The maximum atomic E-state index is 13.1. The summed E-state index contributed by atoms with van der Waals surface area (Å²) < 4.78 is 13.1. The van der Waals surface area contributed by atoms with Gasteiger partial charge in [-0.2, -0.15) is 0 Å². The third-order valence-electron chi connectivity index (χ3n) is 4.20. The summed E-state index contributed by atoms with van der Waals surface area (Å²) in [5.41, 5.74) is 1.77. The van der Waals surface area contributed by atoms with Crippen molar-refractivity contribution < 1.29 is 14.0 Å². The van der Waals surface area contributed by atoms with Gasteiger partial charge >= 0.3 is 0 Å². The van der Waals surface area contributed by atoms with Crippen molar-refractivity contribution in [1.29, 1.82) is 0 Å². The van der Waals surface area contributed by atoms with Crippen LogP contribution in [-0.4, -0.2) is 22.8 Å². The van der Waals surface area contributed by atoms with Crippen molar-refractivity contribution >= 4 is 11.8 Å². The van der Waals surface area contributed by atoms with Crippen molar-refractivity contribution in [2.75, 3.05) is 0 Å². The highest BCUT2D eigenvalue weighted by atomic mass is 19.1. The number of carbonyl (C=O) groups is 2. The first-order valence-corrected chi connectivity index (χ1v) is 8.75. The van der Waals surface area contributed by atoms with Gasteiger partial charge in [-0.15, -0.1) is 0 Å². The third kappa shape index (κ3) is 5.41. The van der Waals surface area contributed by atoms with Crippen LogP contribution in [0.1, 0.15) is 31.9 Å². The van der Waals surface area contributed by atoms with E-state index in [1.54, 1.807) is 32.9 Å². The standard InChI is InChI=1S/C21H25FN2O2/c1-15(2)21(26)24(14-18-9-11-19(22)12-10-18)16(3)20(25)23-13-17-7-5-4-6-8-17/h4-12,15-16H,13-14H2,1-3H3,(H,23,25). The Morgan fingerprint density at radius 1 is 0.962 bits per heavy atom. The lowest BCUT2D eigenvalue weighted by atomic mass is 10.1. The highest BCUT2D eigenvalue weighted by Crippen LogP contribution is 2.14. The third-order valence-corrected chi connectivity index (χ3v) is 4.20. The Bertz CT molecular complexity index is 729. The molecule has 0 bridgehead atoms. The fourth-order valence-corrected chi connectivity index (χ4v) is 2.60. The number of benzene rings is 2. The fourth-order valence-electron chi connectivity index (χ4n) is 2.60. The Morgan fingerprint density at radius 2 is 1.58 bits per heavy atom. The van der Waals surface area contributed by atoms with Gasteiger partial charge in [0.1, 0.15) is 11.9 Å². The first kappa shape index (κ1) is 19.6. The molecule has 0 radical (unpaired) electrons. The van der Waals surface area contributed by atoms with Crippen molar-refractivity contribution in [1.82, 2.24) is 10.2 Å². The number of rotatable bonds is 7. The monoisotopic (exact) mass is 356 g/mol. The smallest absolute Gasteiger partial charge is 0.242 e. The van der Waals surface area contributed by atoms with Crippen LogP contribution in [0.2, 0.25) is 0 Å².